The molecular formula is C21H24FN3O2. The lowest BCUT2D eigenvalue weighted by Gasteiger charge is -2.15. The van der Waals surface area contributed by atoms with Crippen molar-refractivity contribution < 1.29 is 13.9 Å². The zero-order valence-electron chi connectivity index (χ0n) is 15.6. The largest absolute Gasteiger partial charge is 0.376 e. The van der Waals surface area contributed by atoms with Crippen LogP contribution in [0.5, 0.6) is 0 Å². The number of hydrogen-bond donors (Lipinski definition) is 2. The van der Waals surface area contributed by atoms with Gasteiger partial charge in [0.05, 0.1) is 12.6 Å². The number of ether oxygens (including phenoxy) is 1. The van der Waals surface area contributed by atoms with Crippen molar-refractivity contribution in [1.29, 1.82) is 0 Å². The van der Waals surface area contributed by atoms with Gasteiger partial charge in [0.15, 0.2) is 0 Å². The van der Waals surface area contributed by atoms with Gasteiger partial charge in [-0.3, -0.25) is 10.1 Å². The molecule has 2 aromatic rings. The van der Waals surface area contributed by atoms with Crippen LogP contribution in [0.25, 0.3) is 0 Å². The molecule has 0 spiro atoms. The van der Waals surface area contributed by atoms with E-state index in [1.165, 1.54) is 18.2 Å². The minimum absolute atomic E-state index is 0.0616. The van der Waals surface area contributed by atoms with Gasteiger partial charge in [-0.05, 0) is 62.1 Å². The Bertz CT molecular complexity index is 845. The van der Waals surface area contributed by atoms with E-state index in [0.29, 0.717) is 12.5 Å². The molecule has 5 nitrogen and oxygen atoms in total. The molecule has 1 amide bonds. The first kappa shape index (κ1) is 19.0. The van der Waals surface area contributed by atoms with E-state index in [9.17, 15) is 9.18 Å². The molecule has 0 saturated carbocycles. The lowest BCUT2D eigenvalue weighted by atomic mass is 10.1. The number of benzene rings is 2. The Balaban J connectivity index is 1.79. The highest BCUT2D eigenvalue weighted by atomic mass is 19.1. The van der Waals surface area contributed by atoms with Crippen molar-refractivity contribution in [1.82, 2.24) is 5.32 Å². The molecule has 2 N–H and O–H groups in total. The number of aliphatic imine (C=N–C) groups is 1. The van der Waals surface area contributed by atoms with Crippen LogP contribution in [0.1, 0.15) is 34.3 Å². The summed E-state index contributed by atoms with van der Waals surface area (Å²) in [6.45, 7) is 5.23. The first-order valence-electron chi connectivity index (χ1n) is 9.09. The maximum Gasteiger partial charge on any atom is 0.258 e. The Hall–Kier alpha value is -2.73. The second-order valence-corrected chi connectivity index (χ2v) is 6.66. The van der Waals surface area contributed by atoms with Crippen molar-refractivity contribution in [3.63, 3.8) is 0 Å². The molecule has 6 heteroatoms. The first-order valence-corrected chi connectivity index (χ1v) is 9.09. The number of nitrogens with one attached hydrogen (secondary N) is 2. The standard InChI is InChI=1S/C21H24FN3O2/c1-14-6-3-10-19(15(14)2)24-21(23-13-18-9-5-11-27-18)25-20(26)16-7-4-8-17(22)12-16/h3-4,6-8,10,12,18H,5,9,11,13H2,1-2H3,(H2,23,24,25,26)/t18-/m1/s1. The highest BCUT2D eigenvalue weighted by molar-refractivity contribution is 6.10. The molecule has 1 aliphatic heterocycles. The average molecular weight is 369 g/mol. The zero-order valence-corrected chi connectivity index (χ0v) is 15.6. The Morgan fingerprint density at radius 2 is 2.07 bits per heavy atom. The summed E-state index contributed by atoms with van der Waals surface area (Å²) in [4.78, 5) is 17.0. The quantitative estimate of drug-likeness (QED) is 0.636. The third-order valence-electron chi connectivity index (χ3n) is 4.65. The monoisotopic (exact) mass is 369 g/mol. The van der Waals surface area contributed by atoms with Gasteiger partial charge >= 0.3 is 0 Å². The van der Waals surface area contributed by atoms with Crippen LogP contribution in [0.15, 0.2) is 47.5 Å². The predicted molar refractivity (Wildman–Crippen MR) is 105 cm³/mol. The Labute approximate surface area is 158 Å². The van der Waals surface area contributed by atoms with Gasteiger partial charge in [0.25, 0.3) is 5.91 Å². The minimum atomic E-state index is -0.456. The third kappa shape index (κ3) is 5.14. The highest BCUT2D eigenvalue weighted by Gasteiger charge is 2.16. The van der Waals surface area contributed by atoms with Gasteiger partial charge in [-0.1, -0.05) is 18.2 Å². The summed E-state index contributed by atoms with van der Waals surface area (Å²) in [6.07, 6.45) is 2.04. The summed E-state index contributed by atoms with van der Waals surface area (Å²) in [5.41, 5.74) is 3.31. The van der Waals surface area contributed by atoms with E-state index >= 15 is 0 Å². The second kappa shape index (κ2) is 8.77. The molecule has 0 unspecified atom stereocenters. The highest BCUT2D eigenvalue weighted by Crippen LogP contribution is 2.18. The van der Waals surface area contributed by atoms with Gasteiger partial charge in [0.1, 0.15) is 5.82 Å². The number of aryl methyl sites for hydroxylation is 1. The van der Waals surface area contributed by atoms with Gasteiger partial charge in [-0.2, -0.15) is 0 Å². The average Bonchev–Trinajstić information content (AvgIpc) is 3.17. The molecule has 3 rings (SSSR count). The molecule has 0 radical (unpaired) electrons. The number of carbonyl (C=O) groups excluding carboxylic acids is 1. The van der Waals surface area contributed by atoms with E-state index in [4.69, 9.17) is 4.74 Å². The number of carbonyl (C=O) groups is 1. The van der Waals surface area contributed by atoms with Crippen LogP contribution in [0.3, 0.4) is 0 Å². The molecule has 1 atom stereocenters. The number of amides is 1. The summed E-state index contributed by atoms with van der Waals surface area (Å²) >= 11 is 0. The van der Waals surface area contributed by atoms with Gasteiger partial charge in [0, 0.05) is 17.9 Å². The Morgan fingerprint density at radius 1 is 1.26 bits per heavy atom. The van der Waals surface area contributed by atoms with Crippen molar-refractivity contribution in [2.45, 2.75) is 32.8 Å². The maximum absolute atomic E-state index is 13.4. The van der Waals surface area contributed by atoms with Crippen molar-refractivity contribution >= 4 is 17.6 Å². The molecule has 1 saturated heterocycles. The summed E-state index contributed by atoms with van der Waals surface area (Å²) in [7, 11) is 0. The molecular weight excluding hydrogens is 345 g/mol. The van der Waals surface area contributed by atoms with Crippen molar-refractivity contribution in [2.75, 3.05) is 18.5 Å². The van der Waals surface area contributed by atoms with Crippen molar-refractivity contribution in [3.8, 4) is 0 Å². The number of rotatable bonds is 4. The normalized spacial score (nSPS) is 17.0. The summed E-state index contributed by atoms with van der Waals surface area (Å²) in [6, 6.07) is 11.5. The summed E-state index contributed by atoms with van der Waals surface area (Å²) in [5, 5.41) is 5.95. The van der Waals surface area contributed by atoms with Crippen LogP contribution < -0.4 is 10.6 Å². The lowest BCUT2D eigenvalue weighted by Crippen LogP contribution is -2.37. The van der Waals surface area contributed by atoms with Crippen LogP contribution in [-0.4, -0.2) is 31.1 Å². The summed E-state index contributed by atoms with van der Waals surface area (Å²) in [5.74, 6) is -0.546. The molecule has 0 aliphatic carbocycles. The third-order valence-corrected chi connectivity index (χ3v) is 4.65. The number of guanidine groups is 1. The molecule has 2 aromatic carbocycles. The van der Waals surface area contributed by atoms with E-state index in [0.717, 1.165) is 36.3 Å². The van der Waals surface area contributed by atoms with Crippen LogP contribution in [-0.2, 0) is 4.74 Å². The fourth-order valence-electron chi connectivity index (χ4n) is 2.92. The van der Waals surface area contributed by atoms with Crippen LogP contribution >= 0.6 is 0 Å². The van der Waals surface area contributed by atoms with E-state index in [1.807, 2.05) is 32.0 Å². The minimum Gasteiger partial charge on any atom is -0.376 e. The predicted octanol–water partition coefficient (Wildman–Crippen LogP) is 3.82. The number of halogens is 1. The number of anilines is 1. The SMILES string of the molecule is Cc1cccc(NC(=NC[C@H]2CCCO2)NC(=O)c2cccc(F)c2)c1C. The molecule has 0 bridgehead atoms. The van der Waals surface area contributed by atoms with Crippen molar-refractivity contribution in [3.05, 3.63) is 65.0 Å². The fourth-order valence-corrected chi connectivity index (χ4v) is 2.92. The lowest BCUT2D eigenvalue weighted by molar-refractivity contribution is 0.0975. The molecule has 0 aromatic heterocycles. The van der Waals surface area contributed by atoms with E-state index in [1.54, 1.807) is 6.07 Å². The maximum atomic E-state index is 13.4. The van der Waals surface area contributed by atoms with Crippen LogP contribution in [0.4, 0.5) is 10.1 Å². The van der Waals surface area contributed by atoms with Gasteiger partial charge in [-0.15, -0.1) is 0 Å². The van der Waals surface area contributed by atoms with E-state index in [-0.39, 0.29) is 11.7 Å². The van der Waals surface area contributed by atoms with Gasteiger partial charge in [-0.25, -0.2) is 9.38 Å². The molecule has 1 heterocycles. The molecule has 1 aliphatic rings. The molecule has 27 heavy (non-hydrogen) atoms. The van der Waals surface area contributed by atoms with E-state index < -0.39 is 11.7 Å². The van der Waals surface area contributed by atoms with E-state index in [2.05, 4.69) is 15.6 Å². The first-order chi connectivity index (χ1) is 13.0. The number of nitrogens with zero attached hydrogens (tertiary/aromatic N) is 1. The smallest absolute Gasteiger partial charge is 0.258 e. The summed E-state index contributed by atoms with van der Waals surface area (Å²) < 4.78 is 19.0. The second-order valence-electron chi connectivity index (χ2n) is 6.66. The van der Waals surface area contributed by atoms with Crippen LogP contribution in [0, 0.1) is 19.7 Å². The van der Waals surface area contributed by atoms with Gasteiger partial charge < -0.3 is 10.1 Å². The molecule has 1 fully saturated rings. The van der Waals surface area contributed by atoms with Crippen molar-refractivity contribution in [2.24, 2.45) is 4.99 Å². The van der Waals surface area contributed by atoms with Crippen LogP contribution in [0.2, 0.25) is 0 Å². The Morgan fingerprint density at radius 3 is 2.81 bits per heavy atom. The molecule has 142 valence electrons. The fraction of sp³-hybridized carbons (Fsp3) is 0.333. The Kier molecular flexibility index (Phi) is 6.19. The topological polar surface area (TPSA) is 62.7 Å². The van der Waals surface area contributed by atoms with Gasteiger partial charge in [0.2, 0.25) is 5.96 Å². The number of hydrogen-bond acceptors (Lipinski definition) is 3. The zero-order chi connectivity index (χ0) is 19.2.